The number of imidazole rings is 1. The van der Waals surface area contributed by atoms with Crippen molar-refractivity contribution in [3.63, 3.8) is 0 Å². The number of hydrogen-bond acceptors (Lipinski definition) is 2. The van der Waals surface area contributed by atoms with Crippen LogP contribution in [0.25, 0.3) is 11.0 Å². The van der Waals surface area contributed by atoms with Gasteiger partial charge in [0.05, 0.1) is 20.1 Å². The third-order valence-electron chi connectivity index (χ3n) is 3.36. The highest BCUT2D eigenvalue weighted by atomic mass is 35.5. The van der Waals surface area contributed by atoms with Gasteiger partial charge in [0.1, 0.15) is 5.52 Å². The predicted octanol–water partition coefficient (Wildman–Crippen LogP) is 2.27. The molecule has 0 atom stereocenters. The summed E-state index contributed by atoms with van der Waals surface area (Å²) in [6.07, 6.45) is 4.02. The smallest absolute Gasteiger partial charge is 0.371 e. The van der Waals surface area contributed by atoms with Gasteiger partial charge in [0.15, 0.2) is 5.52 Å². The first kappa shape index (κ1) is 12.9. The second-order valence-corrected chi connectivity index (χ2v) is 5.11. The molecule has 2 heterocycles. The fourth-order valence-corrected chi connectivity index (χ4v) is 2.49. The van der Waals surface area contributed by atoms with Crippen LogP contribution in [0.2, 0.25) is 5.02 Å². The van der Waals surface area contributed by atoms with E-state index in [0.717, 1.165) is 22.3 Å². The molecule has 2 N–H and O–H groups in total. The number of nitrogens with one attached hydrogen (secondary N) is 1. The largest absolute Gasteiger partial charge is 0.395 e. The van der Waals surface area contributed by atoms with Gasteiger partial charge in [0.25, 0.3) is 0 Å². The SMILES string of the molecule is C[n+]1c(NCCn2cccc2)n(O)c2ccc(Cl)cc21. The van der Waals surface area contributed by atoms with E-state index in [9.17, 15) is 5.21 Å². The van der Waals surface area contributed by atoms with E-state index < -0.39 is 0 Å². The Kier molecular flexibility index (Phi) is 3.28. The van der Waals surface area contributed by atoms with Crippen LogP contribution in [0.1, 0.15) is 0 Å². The lowest BCUT2D eigenvalue weighted by Crippen LogP contribution is -2.32. The van der Waals surface area contributed by atoms with Crippen molar-refractivity contribution < 1.29 is 9.77 Å². The van der Waals surface area contributed by atoms with Crippen molar-refractivity contribution in [2.75, 3.05) is 11.9 Å². The number of anilines is 1. The summed E-state index contributed by atoms with van der Waals surface area (Å²) in [5.74, 6) is 0.634. The van der Waals surface area contributed by atoms with E-state index in [1.807, 2.05) is 42.2 Å². The Labute approximate surface area is 121 Å². The van der Waals surface area contributed by atoms with E-state index in [1.54, 1.807) is 12.1 Å². The minimum atomic E-state index is 0.634. The Morgan fingerprint density at radius 1 is 1.30 bits per heavy atom. The fraction of sp³-hybridized carbons (Fsp3) is 0.214. The normalized spacial score (nSPS) is 11.1. The maximum atomic E-state index is 10.2. The number of halogens is 1. The lowest BCUT2D eigenvalue weighted by molar-refractivity contribution is -0.632. The molecule has 0 fully saturated rings. The summed E-state index contributed by atoms with van der Waals surface area (Å²) >= 11 is 6.00. The van der Waals surface area contributed by atoms with Crippen LogP contribution < -0.4 is 9.88 Å². The number of hydrogen-bond donors (Lipinski definition) is 2. The summed E-state index contributed by atoms with van der Waals surface area (Å²) in [6, 6.07) is 9.38. The zero-order chi connectivity index (χ0) is 14.1. The molecule has 0 aliphatic rings. The number of benzene rings is 1. The topological polar surface area (TPSA) is 46.0 Å². The standard InChI is InChI=1S/C14H15ClN4O/c1-17-13-10-11(15)4-5-12(13)19(20)14(17)16-6-9-18-7-2-3-8-18/h2-5,7-8,10,20H,6,9H2,1H3/p+1. The van der Waals surface area contributed by atoms with Crippen LogP contribution in [0.5, 0.6) is 0 Å². The molecule has 0 spiro atoms. The highest BCUT2D eigenvalue weighted by Gasteiger charge is 2.21. The molecule has 0 aliphatic heterocycles. The first-order valence-corrected chi connectivity index (χ1v) is 6.78. The van der Waals surface area contributed by atoms with Gasteiger partial charge >= 0.3 is 5.95 Å². The van der Waals surface area contributed by atoms with E-state index in [2.05, 4.69) is 9.88 Å². The summed E-state index contributed by atoms with van der Waals surface area (Å²) in [6.45, 7) is 1.54. The van der Waals surface area contributed by atoms with Crippen molar-refractivity contribution in [1.29, 1.82) is 0 Å². The molecule has 0 radical (unpaired) electrons. The quantitative estimate of drug-likeness (QED) is 0.572. The first-order chi connectivity index (χ1) is 9.66. The van der Waals surface area contributed by atoms with Crippen molar-refractivity contribution in [2.24, 2.45) is 7.05 Å². The van der Waals surface area contributed by atoms with Crippen LogP contribution in [0, 0.1) is 0 Å². The van der Waals surface area contributed by atoms with Gasteiger partial charge in [0, 0.05) is 17.4 Å². The van der Waals surface area contributed by atoms with Gasteiger partial charge in [-0.05, 0) is 30.3 Å². The number of fused-ring (bicyclic) bond motifs is 1. The van der Waals surface area contributed by atoms with E-state index in [1.165, 1.54) is 0 Å². The Morgan fingerprint density at radius 2 is 2.05 bits per heavy atom. The van der Waals surface area contributed by atoms with Crippen LogP contribution in [0.15, 0.2) is 42.7 Å². The van der Waals surface area contributed by atoms with Gasteiger partial charge in [-0.15, -0.1) is 0 Å². The van der Waals surface area contributed by atoms with Crippen molar-refractivity contribution in [2.45, 2.75) is 6.54 Å². The van der Waals surface area contributed by atoms with Gasteiger partial charge in [-0.2, -0.15) is 0 Å². The van der Waals surface area contributed by atoms with Crippen LogP contribution >= 0.6 is 11.6 Å². The lowest BCUT2D eigenvalue weighted by atomic mass is 10.3. The van der Waals surface area contributed by atoms with Crippen LogP contribution in [-0.2, 0) is 13.6 Å². The molecule has 2 aromatic heterocycles. The van der Waals surface area contributed by atoms with Gasteiger partial charge in [-0.3, -0.25) is 5.32 Å². The second-order valence-electron chi connectivity index (χ2n) is 4.68. The summed E-state index contributed by atoms with van der Waals surface area (Å²) in [4.78, 5) is 0. The second kappa shape index (κ2) is 5.09. The molecule has 1 aromatic carbocycles. The van der Waals surface area contributed by atoms with Gasteiger partial charge in [-0.25, -0.2) is 4.57 Å². The molecule has 0 saturated carbocycles. The van der Waals surface area contributed by atoms with Gasteiger partial charge < -0.3 is 9.77 Å². The number of aromatic nitrogens is 3. The van der Waals surface area contributed by atoms with Crippen molar-refractivity contribution in [3.05, 3.63) is 47.7 Å². The highest BCUT2D eigenvalue weighted by Crippen LogP contribution is 2.19. The third kappa shape index (κ3) is 2.20. The minimum Gasteiger partial charge on any atom is -0.371 e. The maximum absolute atomic E-state index is 10.2. The molecule has 5 nitrogen and oxygen atoms in total. The fourth-order valence-electron chi connectivity index (χ4n) is 2.32. The number of nitrogens with zero attached hydrogens (tertiary/aromatic N) is 3. The Hall–Kier alpha value is -2.14. The monoisotopic (exact) mass is 291 g/mol. The van der Waals surface area contributed by atoms with Crippen LogP contribution in [0.3, 0.4) is 0 Å². The molecule has 0 saturated heterocycles. The Morgan fingerprint density at radius 3 is 2.80 bits per heavy atom. The molecule has 0 aliphatic carbocycles. The molecule has 0 unspecified atom stereocenters. The molecule has 6 heteroatoms. The highest BCUT2D eigenvalue weighted by molar-refractivity contribution is 6.31. The molecule has 104 valence electrons. The van der Waals surface area contributed by atoms with E-state index in [0.29, 0.717) is 17.5 Å². The van der Waals surface area contributed by atoms with Gasteiger partial charge in [0.2, 0.25) is 0 Å². The summed E-state index contributed by atoms with van der Waals surface area (Å²) in [7, 11) is 1.89. The van der Waals surface area contributed by atoms with E-state index in [4.69, 9.17) is 11.6 Å². The lowest BCUT2D eigenvalue weighted by Gasteiger charge is -2.02. The molecule has 3 rings (SSSR count). The molecule has 0 amide bonds. The van der Waals surface area contributed by atoms with Crippen LogP contribution in [-0.4, -0.2) is 21.0 Å². The zero-order valence-electron chi connectivity index (χ0n) is 11.1. The summed E-state index contributed by atoms with van der Waals surface area (Å²) in [5, 5.41) is 14.1. The minimum absolute atomic E-state index is 0.634. The van der Waals surface area contributed by atoms with E-state index in [-0.39, 0.29) is 0 Å². The zero-order valence-corrected chi connectivity index (χ0v) is 11.9. The average Bonchev–Trinajstić information content (AvgIpc) is 3.02. The third-order valence-corrected chi connectivity index (χ3v) is 3.60. The summed E-state index contributed by atoms with van der Waals surface area (Å²) < 4.78 is 5.12. The van der Waals surface area contributed by atoms with Crippen molar-refractivity contribution >= 4 is 28.6 Å². The van der Waals surface area contributed by atoms with E-state index >= 15 is 0 Å². The van der Waals surface area contributed by atoms with Crippen LogP contribution in [0.4, 0.5) is 5.95 Å². The maximum Gasteiger partial charge on any atom is 0.395 e. The predicted molar refractivity (Wildman–Crippen MR) is 78.2 cm³/mol. The first-order valence-electron chi connectivity index (χ1n) is 6.40. The molecular weight excluding hydrogens is 276 g/mol. The van der Waals surface area contributed by atoms with Crippen molar-refractivity contribution in [3.8, 4) is 0 Å². The Bertz CT molecular complexity index is 733. The number of aryl methyl sites for hydroxylation is 1. The Balaban J connectivity index is 1.84. The molecule has 0 bridgehead atoms. The summed E-state index contributed by atoms with van der Waals surface area (Å²) in [5.41, 5.74) is 1.60. The average molecular weight is 292 g/mol. The van der Waals surface area contributed by atoms with Crippen molar-refractivity contribution in [1.82, 2.24) is 9.30 Å². The molecule has 20 heavy (non-hydrogen) atoms. The van der Waals surface area contributed by atoms with Gasteiger partial charge in [-0.1, -0.05) is 16.3 Å². The number of rotatable bonds is 4. The molecular formula is C14H16ClN4O+. The molecule has 3 aromatic rings.